The number of pyridine rings is 1. The van der Waals surface area contributed by atoms with E-state index in [1.807, 2.05) is 6.20 Å². The molecule has 0 fully saturated rings. The first-order chi connectivity index (χ1) is 9.70. The molecule has 3 heteroatoms. The van der Waals surface area contributed by atoms with Crippen LogP contribution in [0.4, 0.5) is 0 Å². The number of hydrogen-bond acceptors (Lipinski definition) is 3. The van der Waals surface area contributed by atoms with E-state index in [0.717, 1.165) is 18.9 Å². The van der Waals surface area contributed by atoms with Crippen molar-refractivity contribution >= 4 is 0 Å². The van der Waals surface area contributed by atoms with E-state index in [4.69, 9.17) is 0 Å². The first kappa shape index (κ1) is 12.7. The summed E-state index contributed by atoms with van der Waals surface area (Å²) in [6.45, 7) is 3.95. The fourth-order valence-corrected chi connectivity index (χ4v) is 2.42. The van der Waals surface area contributed by atoms with Crippen LogP contribution < -0.4 is 0 Å². The van der Waals surface area contributed by atoms with Gasteiger partial charge in [-0.25, -0.2) is 0 Å². The van der Waals surface area contributed by atoms with Crippen LogP contribution in [0.15, 0.2) is 55.0 Å². The Morgan fingerprint density at radius 2 is 2.05 bits per heavy atom. The number of nitrogens with zero attached hydrogens (tertiary/aromatic N) is 3. The molecule has 0 aliphatic carbocycles. The molecule has 0 bridgehead atoms. The first-order valence-electron chi connectivity index (χ1n) is 6.85. The molecule has 0 spiro atoms. The average molecular weight is 265 g/mol. The third-order valence-corrected chi connectivity index (χ3v) is 3.46. The lowest BCUT2D eigenvalue weighted by Crippen LogP contribution is -2.21. The minimum atomic E-state index is 0.905. The van der Waals surface area contributed by atoms with Crippen molar-refractivity contribution in [1.29, 1.82) is 0 Å². The van der Waals surface area contributed by atoms with E-state index in [9.17, 15) is 0 Å². The maximum atomic E-state index is 4.59. The second kappa shape index (κ2) is 5.37. The quantitative estimate of drug-likeness (QED) is 0.849. The van der Waals surface area contributed by atoms with Gasteiger partial charge in [-0.05, 0) is 24.6 Å². The molecule has 3 rings (SSSR count). The summed E-state index contributed by atoms with van der Waals surface area (Å²) in [6, 6.07) is 12.7. The molecule has 1 aromatic carbocycles. The predicted octanol–water partition coefficient (Wildman–Crippen LogP) is 3.23. The smallest absolute Gasteiger partial charge is 0.0894 e. The lowest BCUT2D eigenvalue weighted by molar-refractivity contribution is 0.290. The van der Waals surface area contributed by atoms with E-state index in [1.54, 1.807) is 0 Å². The fourth-order valence-electron chi connectivity index (χ4n) is 2.42. The molecular formula is C17H19N3. The van der Waals surface area contributed by atoms with E-state index < -0.39 is 0 Å². The zero-order chi connectivity index (χ0) is 13.9. The van der Waals surface area contributed by atoms with Gasteiger partial charge in [0.15, 0.2) is 0 Å². The van der Waals surface area contributed by atoms with Crippen molar-refractivity contribution in [3.63, 3.8) is 0 Å². The lowest BCUT2D eigenvalue weighted by Gasteiger charge is -2.18. The Bertz CT molecular complexity index is 616. The highest BCUT2D eigenvalue weighted by atomic mass is 15.3. The van der Waals surface area contributed by atoms with Crippen molar-refractivity contribution in [2.24, 2.45) is 0 Å². The second-order valence-electron chi connectivity index (χ2n) is 5.36. The van der Waals surface area contributed by atoms with E-state index in [-0.39, 0.29) is 0 Å². The maximum absolute atomic E-state index is 4.59. The minimum Gasteiger partial charge on any atom is -0.362 e. The average Bonchev–Trinajstić information content (AvgIpc) is 2.85. The van der Waals surface area contributed by atoms with Crippen molar-refractivity contribution in [3.05, 3.63) is 66.1 Å². The molecule has 0 unspecified atom stereocenters. The summed E-state index contributed by atoms with van der Waals surface area (Å²) in [7, 11) is 2.08. The monoisotopic (exact) mass is 265 g/mol. The Morgan fingerprint density at radius 3 is 2.70 bits per heavy atom. The van der Waals surface area contributed by atoms with Gasteiger partial charge in [-0.3, -0.25) is 4.98 Å². The Hall–Kier alpha value is -2.29. The second-order valence-corrected chi connectivity index (χ2v) is 5.36. The number of benzene rings is 1. The number of rotatable bonds is 3. The third kappa shape index (κ3) is 2.82. The minimum absolute atomic E-state index is 0.905. The summed E-state index contributed by atoms with van der Waals surface area (Å²) in [5, 5.41) is 0. The van der Waals surface area contributed by atoms with Crippen molar-refractivity contribution in [1.82, 2.24) is 14.8 Å². The molecule has 3 nitrogen and oxygen atoms in total. The van der Waals surface area contributed by atoms with Crippen LogP contribution in [0.3, 0.4) is 0 Å². The molecule has 1 aromatic heterocycles. The molecule has 2 aromatic rings. The molecule has 0 amide bonds. The van der Waals surface area contributed by atoms with Crippen LogP contribution >= 0.6 is 0 Å². The Labute approximate surface area is 120 Å². The normalized spacial score (nSPS) is 14.1. The molecule has 102 valence electrons. The van der Waals surface area contributed by atoms with E-state index in [0.29, 0.717) is 0 Å². The molecular weight excluding hydrogens is 246 g/mol. The van der Waals surface area contributed by atoms with Gasteiger partial charge in [0.05, 0.1) is 12.4 Å². The van der Waals surface area contributed by atoms with E-state index in [2.05, 4.69) is 77.6 Å². The van der Waals surface area contributed by atoms with Crippen LogP contribution in [0.2, 0.25) is 0 Å². The van der Waals surface area contributed by atoms with Crippen molar-refractivity contribution in [3.8, 4) is 11.3 Å². The third-order valence-electron chi connectivity index (χ3n) is 3.46. The van der Waals surface area contributed by atoms with Crippen LogP contribution in [0.5, 0.6) is 0 Å². The van der Waals surface area contributed by atoms with Gasteiger partial charge in [-0.1, -0.05) is 29.8 Å². The highest BCUT2D eigenvalue weighted by Crippen LogP contribution is 2.19. The summed E-state index contributed by atoms with van der Waals surface area (Å²) in [5.41, 5.74) is 4.71. The highest BCUT2D eigenvalue weighted by molar-refractivity contribution is 5.59. The zero-order valence-electron chi connectivity index (χ0n) is 12.0. The van der Waals surface area contributed by atoms with Crippen molar-refractivity contribution < 1.29 is 0 Å². The molecule has 0 N–H and O–H groups in total. The largest absolute Gasteiger partial charge is 0.362 e. The summed E-state index contributed by atoms with van der Waals surface area (Å²) in [6.07, 6.45) is 6.19. The number of aryl methyl sites for hydroxylation is 1. The van der Waals surface area contributed by atoms with Gasteiger partial charge in [0.1, 0.15) is 0 Å². The van der Waals surface area contributed by atoms with Crippen molar-refractivity contribution in [2.45, 2.75) is 13.5 Å². The topological polar surface area (TPSA) is 19.4 Å². The summed E-state index contributed by atoms with van der Waals surface area (Å²) < 4.78 is 0. The summed E-state index contributed by atoms with van der Waals surface area (Å²) in [5.74, 6) is 0. The Kier molecular flexibility index (Phi) is 3.42. The van der Waals surface area contributed by atoms with Gasteiger partial charge in [-0.2, -0.15) is 0 Å². The van der Waals surface area contributed by atoms with Gasteiger partial charge < -0.3 is 9.80 Å². The van der Waals surface area contributed by atoms with E-state index >= 15 is 0 Å². The summed E-state index contributed by atoms with van der Waals surface area (Å²) in [4.78, 5) is 9.02. The van der Waals surface area contributed by atoms with Crippen LogP contribution in [-0.4, -0.2) is 28.5 Å². The lowest BCUT2D eigenvalue weighted by atomic mass is 10.1. The molecule has 0 atom stereocenters. The highest BCUT2D eigenvalue weighted by Gasteiger charge is 2.09. The molecule has 1 aliphatic rings. The molecule has 0 saturated carbocycles. The molecule has 0 saturated heterocycles. The zero-order valence-corrected chi connectivity index (χ0v) is 12.0. The number of aromatic nitrogens is 1. The Morgan fingerprint density at radius 1 is 1.15 bits per heavy atom. The van der Waals surface area contributed by atoms with Gasteiger partial charge in [0.2, 0.25) is 0 Å². The van der Waals surface area contributed by atoms with Crippen molar-refractivity contribution in [2.75, 3.05) is 13.7 Å². The SMILES string of the molecule is Cc1cccc(-c2ccc(CN3C=CN(C)C3)cn2)c1. The van der Waals surface area contributed by atoms with Crippen LogP contribution in [0.1, 0.15) is 11.1 Å². The maximum Gasteiger partial charge on any atom is 0.0894 e. The molecule has 0 radical (unpaired) electrons. The molecule has 2 heterocycles. The first-order valence-corrected chi connectivity index (χ1v) is 6.85. The van der Waals surface area contributed by atoms with Gasteiger partial charge in [0.25, 0.3) is 0 Å². The van der Waals surface area contributed by atoms with Crippen LogP contribution in [0.25, 0.3) is 11.3 Å². The Balaban J connectivity index is 1.73. The van der Waals surface area contributed by atoms with Crippen LogP contribution in [-0.2, 0) is 6.54 Å². The van der Waals surface area contributed by atoms with Gasteiger partial charge in [-0.15, -0.1) is 0 Å². The fraction of sp³-hybridized carbons (Fsp3) is 0.235. The van der Waals surface area contributed by atoms with Gasteiger partial charge >= 0.3 is 0 Å². The summed E-state index contributed by atoms with van der Waals surface area (Å²) >= 11 is 0. The van der Waals surface area contributed by atoms with E-state index in [1.165, 1.54) is 16.7 Å². The molecule has 20 heavy (non-hydrogen) atoms. The van der Waals surface area contributed by atoms with Gasteiger partial charge in [0, 0.05) is 37.8 Å². The standard InChI is InChI=1S/C17H19N3/c1-14-4-3-5-16(10-14)17-7-6-15(11-18-17)12-20-9-8-19(2)13-20/h3-11H,12-13H2,1-2H3. The predicted molar refractivity (Wildman–Crippen MR) is 81.7 cm³/mol. The van der Waals surface area contributed by atoms with Crippen LogP contribution in [0, 0.1) is 6.92 Å². The number of hydrogen-bond donors (Lipinski definition) is 0. The molecule has 1 aliphatic heterocycles.